The van der Waals surface area contributed by atoms with Crippen molar-refractivity contribution in [3.63, 3.8) is 0 Å². The lowest BCUT2D eigenvalue weighted by Gasteiger charge is -2.29. The van der Waals surface area contributed by atoms with Gasteiger partial charge in [0, 0.05) is 55.0 Å². The summed E-state index contributed by atoms with van der Waals surface area (Å²) in [5.74, 6) is 0.320. The molecule has 0 bridgehead atoms. The van der Waals surface area contributed by atoms with Crippen LogP contribution in [0.1, 0.15) is 48.4 Å². The lowest BCUT2D eigenvalue weighted by Crippen LogP contribution is -2.16. The van der Waals surface area contributed by atoms with Crippen LogP contribution in [-0.4, -0.2) is 0 Å². The third kappa shape index (κ3) is 5.22. The van der Waals surface area contributed by atoms with E-state index in [0.29, 0.717) is 5.92 Å². The number of fused-ring (bicyclic) bond motifs is 7. The van der Waals surface area contributed by atoms with E-state index in [0.717, 1.165) is 17.8 Å². The van der Waals surface area contributed by atoms with Gasteiger partial charge in [-0.3, -0.25) is 0 Å². The van der Waals surface area contributed by atoms with Crippen molar-refractivity contribution in [3.05, 3.63) is 216 Å². The Labute approximate surface area is 333 Å². The van der Waals surface area contributed by atoms with Crippen LogP contribution in [0.5, 0.6) is 0 Å². The Balaban J connectivity index is 0.969. The Hall–Kier alpha value is -6.42. The van der Waals surface area contributed by atoms with Crippen molar-refractivity contribution >= 4 is 55.4 Å². The average Bonchev–Trinajstić information content (AvgIpc) is 3.90. The van der Waals surface area contributed by atoms with Crippen molar-refractivity contribution in [2.45, 2.75) is 31.6 Å². The monoisotopic (exact) mass is 736 g/mol. The van der Waals surface area contributed by atoms with Crippen LogP contribution in [0.2, 0.25) is 0 Å². The van der Waals surface area contributed by atoms with E-state index in [1.807, 2.05) is 11.3 Å². The first-order valence-electron chi connectivity index (χ1n) is 19.6. The third-order valence-electron chi connectivity index (χ3n) is 12.2. The molecule has 11 rings (SSSR count). The molecule has 1 unspecified atom stereocenters. The van der Waals surface area contributed by atoms with Gasteiger partial charge in [-0.15, -0.1) is 11.3 Å². The number of para-hydroxylation sites is 2. The molecule has 3 aliphatic rings. The van der Waals surface area contributed by atoms with E-state index in [9.17, 15) is 0 Å². The van der Waals surface area contributed by atoms with Crippen LogP contribution < -0.4 is 9.80 Å². The second kappa shape index (κ2) is 12.8. The zero-order valence-electron chi connectivity index (χ0n) is 31.5. The summed E-state index contributed by atoms with van der Waals surface area (Å²) in [5, 5.41) is 1.30. The van der Waals surface area contributed by atoms with E-state index in [-0.39, 0.29) is 5.41 Å². The number of hydrogen-bond donors (Lipinski definition) is 0. The van der Waals surface area contributed by atoms with Crippen molar-refractivity contribution in [1.29, 1.82) is 0 Å². The number of hydrogen-bond acceptors (Lipinski definition) is 3. The van der Waals surface area contributed by atoms with Crippen molar-refractivity contribution in [1.82, 2.24) is 0 Å². The molecule has 0 saturated carbocycles. The van der Waals surface area contributed by atoms with E-state index in [1.54, 1.807) is 0 Å². The number of thiophene rings is 1. The van der Waals surface area contributed by atoms with E-state index in [2.05, 4.69) is 212 Å². The van der Waals surface area contributed by atoms with Gasteiger partial charge >= 0.3 is 0 Å². The van der Waals surface area contributed by atoms with Gasteiger partial charge in [0.1, 0.15) is 0 Å². The molecule has 1 atom stereocenters. The van der Waals surface area contributed by atoms with Crippen LogP contribution in [0.25, 0.3) is 37.2 Å². The van der Waals surface area contributed by atoms with Gasteiger partial charge in [-0.05, 0) is 129 Å². The van der Waals surface area contributed by atoms with Crippen LogP contribution in [-0.2, 0) is 5.41 Å². The van der Waals surface area contributed by atoms with Crippen molar-refractivity contribution in [2.75, 3.05) is 9.80 Å². The summed E-state index contributed by atoms with van der Waals surface area (Å²) in [4.78, 5) is 6.16. The Morgan fingerprint density at radius 1 is 0.571 bits per heavy atom. The highest BCUT2D eigenvalue weighted by Crippen LogP contribution is 2.53. The molecule has 2 nitrogen and oxygen atoms in total. The molecule has 3 heteroatoms. The van der Waals surface area contributed by atoms with Gasteiger partial charge in [0.2, 0.25) is 0 Å². The summed E-state index contributed by atoms with van der Waals surface area (Å²) >= 11 is 1.85. The standard InChI is InChI=1S/C53H40N2S/c1-53(2)47-17-9-7-15-43(47)44-30-29-42(34-48(44)53)54(41-27-22-36(23-28-41)52-33-38-12-6-11-19-51(38)56-52)40-25-20-35(21-26-40)37-24-31-50-46(32-37)45-16-8-10-18-49(45)55(50)39-13-4-3-5-14-39/h3-31,33-34,46H,32H2,1-2H3. The molecule has 56 heavy (non-hydrogen) atoms. The minimum atomic E-state index is -0.0860. The van der Waals surface area contributed by atoms with Crippen molar-refractivity contribution in [3.8, 4) is 21.6 Å². The fraction of sp³-hybridized carbons (Fsp3) is 0.0943. The summed E-state index contributed by atoms with van der Waals surface area (Å²) in [7, 11) is 0. The molecule has 268 valence electrons. The SMILES string of the molecule is CC1(C)c2ccccc2-c2ccc(N(c3ccc(C4=CC=C5C(C4)c4ccccc4N5c4ccccc4)cc3)c3ccc(-c4cc5ccccc5s4)cc3)cc21. The molecule has 8 aromatic rings. The van der Waals surface area contributed by atoms with E-state index < -0.39 is 0 Å². The van der Waals surface area contributed by atoms with Crippen LogP contribution >= 0.6 is 11.3 Å². The predicted molar refractivity (Wildman–Crippen MR) is 238 cm³/mol. The fourth-order valence-corrected chi connectivity index (χ4v) is 10.5. The van der Waals surface area contributed by atoms with Crippen LogP contribution in [0.15, 0.2) is 194 Å². The molecule has 0 radical (unpaired) electrons. The van der Waals surface area contributed by atoms with Gasteiger partial charge in [0.25, 0.3) is 0 Å². The number of rotatable bonds is 6. The molecule has 1 aromatic heterocycles. The maximum Gasteiger partial charge on any atom is 0.0497 e. The van der Waals surface area contributed by atoms with E-state index >= 15 is 0 Å². The fourth-order valence-electron chi connectivity index (χ4n) is 9.40. The minimum Gasteiger partial charge on any atom is -0.313 e. The summed E-state index contributed by atoms with van der Waals surface area (Å²) in [5.41, 5.74) is 17.9. The zero-order valence-corrected chi connectivity index (χ0v) is 32.3. The molecule has 0 N–H and O–H groups in total. The van der Waals surface area contributed by atoms with Crippen molar-refractivity contribution in [2.24, 2.45) is 0 Å². The average molecular weight is 737 g/mol. The molecule has 0 fully saturated rings. The molecule has 2 aliphatic carbocycles. The first-order chi connectivity index (χ1) is 27.5. The zero-order chi connectivity index (χ0) is 37.4. The third-order valence-corrected chi connectivity index (χ3v) is 13.4. The van der Waals surface area contributed by atoms with Gasteiger partial charge in [0.05, 0.1) is 0 Å². The highest BCUT2D eigenvalue weighted by atomic mass is 32.1. The quantitative estimate of drug-likeness (QED) is 0.168. The molecule has 7 aromatic carbocycles. The largest absolute Gasteiger partial charge is 0.313 e. The Kier molecular flexibility index (Phi) is 7.55. The number of allylic oxidation sites excluding steroid dienone is 4. The van der Waals surface area contributed by atoms with Crippen LogP contribution in [0.4, 0.5) is 28.4 Å². The number of benzene rings is 7. The number of anilines is 5. The molecule has 0 amide bonds. The minimum absolute atomic E-state index is 0.0860. The Morgan fingerprint density at radius 2 is 1.23 bits per heavy atom. The number of nitrogens with zero attached hydrogens (tertiary/aromatic N) is 2. The summed E-state index contributed by atoms with van der Waals surface area (Å²) in [6.45, 7) is 4.72. The second-order valence-corrected chi connectivity index (χ2v) is 16.8. The summed E-state index contributed by atoms with van der Waals surface area (Å²) in [6, 6.07) is 65.0. The van der Waals surface area contributed by atoms with Gasteiger partial charge in [-0.25, -0.2) is 0 Å². The molecule has 2 heterocycles. The lowest BCUT2D eigenvalue weighted by molar-refractivity contribution is 0.660. The highest BCUT2D eigenvalue weighted by molar-refractivity contribution is 7.22. The first-order valence-corrected chi connectivity index (χ1v) is 20.4. The Bertz CT molecular complexity index is 2820. The molecule has 0 saturated heterocycles. The summed E-state index contributed by atoms with van der Waals surface area (Å²) in [6.07, 6.45) is 5.65. The molecular formula is C53H40N2S. The summed E-state index contributed by atoms with van der Waals surface area (Å²) < 4.78 is 1.32. The normalized spacial score (nSPS) is 16.1. The van der Waals surface area contributed by atoms with Crippen LogP contribution in [0, 0.1) is 0 Å². The van der Waals surface area contributed by atoms with Gasteiger partial charge < -0.3 is 9.80 Å². The molecular weight excluding hydrogens is 697 g/mol. The highest BCUT2D eigenvalue weighted by Gasteiger charge is 2.37. The predicted octanol–water partition coefficient (Wildman–Crippen LogP) is 15.0. The molecule has 1 aliphatic heterocycles. The topological polar surface area (TPSA) is 6.48 Å². The van der Waals surface area contributed by atoms with E-state index in [4.69, 9.17) is 0 Å². The van der Waals surface area contributed by atoms with Crippen molar-refractivity contribution < 1.29 is 0 Å². The Morgan fingerprint density at radius 3 is 2.04 bits per heavy atom. The second-order valence-electron chi connectivity index (χ2n) is 15.7. The molecule has 0 spiro atoms. The van der Waals surface area contributed by atoms with Crippen LogP contribution in [0.3, 0.4) is 0 Å². The maximum atomic E-state index is 2.44. The van der Waals surface area contributed by atoms with Gasteiger partial charge in [0.15, 0.2) is 0 Å². The maximum absolute atomic E-state index is 2.44. The lowest BCUT2D eigenvalue weighted by atomic mass is 9.82. The van der Waals surface area contributed by atoms with Gasteiger partial charge in [-0.2, -0.15) is 0 Å². The van der Waals surface area contributed by atoms with Gasteiger partial charge in [-0.1, -0.05) is 129 Å². The smallest absolute Gasteiger partial charge is 0.0497 e. The first kappa shape index (κ1) is 33.0. The van der Waals surface area contributed by atoms with E-state index in [1.165, 1.54) is 82.2 Å².